The van der Waals surface area contributed by atoms with Crippen molar-refractivity contribution in [1.82, 2.24) is 9.29 Å². The van der Waals surface area contributed by atoms with Crippen molar-refractivity contribution in [2.75, 3.05) is 37.7 Å². The number of anilines is 1. The number of pyridine rings is 1. The van der Waals surface area contributed by atoms with Gasteiger partial charge in [-0.25, -0.2) is 13.4 Å². The Morgan fingerprint density at radius 1 is 1.18 bits per heavy atom. The molecule has 4 rings (SSSR count). The second-order valence-corrected chi connectivity index (χ2v) is 9.72. The van der Waals surface area contributed by atoms with E-state index in [1.807, 2.05) is 0 Å². The van der Waals surface area contributed by atoms with E-state index in [9.17, 15) is 13.2 Å². The Hall–Kier alpha value is -1.52. The molecule has 1 aromatic heterocycles. The van der Waals surface area contributed by atoms with Crippen LogP contribution in [0.3, 0.4) is 0 Å². The molecule has 2 aromatic rings. The molecule has 0 N–H and O–H groups in total. The fourth-order valence-corrected chi connectivity index (χ4v) is 5.38. The van der Waals surface area contributed by atoms with Crippen molar-refractivity contribution in [2.45, 2.75) is 11.3 Å². The second kappa shape index (κ2) is 7.72. The smallest absolute Gasteiger partial charge is 0.261 e. The summed E-state index contributed by atoms with van der Waals surface area (Å²) in [6.07, 6.45) is 2.10. The van der Waals surface area contributed by atoms with Crippen molar-refractivity contribution in [3.8, 4) is 0 Å². The molecule has 0 atom stereocenters. The van der Waals surface area contributed by atoms with E-state index in [1.165, 1.54) is 10.5 Å². The molecule has 0 bridgehead atoms. The lowest BCUT2D eigenvalue weighted by Crippen LogP contribution is -2.40. The minimum atomic E-state index is -3.57. The van der Waals surface area contributed by atoms with Gasteiger partial charge in [-0.3, -0.25) is 4.79 Å². The molecule has 0 unspecified atom stereocenters. The number of rotatable bonds is 3. The summed E-state index contributed by atoms with van der Waals surface area (Å²) in [5.74, 6) is -0.263. The van der Waals surface area contributed by atoms with Crippen LogP contribution in [0.5, 0.6) is 0 Å². The van der Waals surface area contributed by atoms with Crippen LogP contribution in [0.15, 0.2) is 39.8 Å². The fourth-order valence-electron chi connectivity index (χ4n) is 3.40. The van der Waals surface area contributed by atoms with Crippen LogP contribution < -0.4 is 4.90 Å². The predicted molar refractivity (Wildman–Crippen MR) is 108 cm³/mol. The number of amides is 1. The van der Waals surface area contributed by atoms with Crippen LogP contribution in [-0.2, 0) is 21.2 Å². The third-order valence-corrected chi connectivity index (χ3v) is 7.47. The molecule has 0 radical (unpaired) electrons. The molecule has 148 valence electrons. The molecule has 2 aliphatic rings. The standard InChI is InChI=1S/C18H17BrClN3O4S/c19-13-10-15(17(20)21-11-13)18(24)23-4-3-12-9-14(1-2-16(12)23)28(25,26)22-5-7-27-8-6-22/h1-2,9-11H,3-8H2. The minimum Gasteiger partial charge on any atom is -0.379 e. The SMILES string of the molecule is O=C(c1cc(Br)cnc1Cl)N1CCc2cc(S(=O)(=O)N3CCOCC3)ccc21. The Balaban J connectivity index is 1.63. The number of aromatic nitrogens is 1. The Bertz CT molecular complexity index is 1040. The molecule has 0 saturated carbocycles. The average molecular weight is 487 g/mol. The number of benzene rings is 1. The van der Waals surface area contributed by atoms with Gasteiger partial charge < -0.3 is 9.64 Å². The number of hydrogen-bond acceptors (Lipinski definition) is 5. The zero-order valence-corrected chi connectivity index (χ0v) is 17.9. The maximum Gasteiger partial charge on any atom is 0.261 e. The van der Waals surface area contributed by atoms with Crippen LogP contribution >= 0.6 is 27.5 Å². The molecule has 1 fully saturated rings. The van der Waals surface area contributed by atoms with Gasteiger partial charge in [0, 0.05) is 36.0 Å². The molecule has 3 heterocycles. The highest BCUT2D eigenvalue weighted by Gasteiger charge is 2.31. The largest absolute Gasteiger partial charge is 0.379 e. The van der Waals surface area contributed by atoms with Gasteiger partial charge in [0.15, 0.2) is 0 Å². The zero-order valence-electron chi connectivity index (χ0n) is 14.8. The van der Waals surface area contributed by atoms with Gasteiger partial charge in [-0.05, 0) is 52.2 Å². The third kappa shape index (κ3) is 3.57. The normalized spacial score (nSPS) is 17.6. The first-order chi connectivity index (χ1) is 13.4. The van der Waals surface area contributed by atoms with E-state index in [4.69, 9.17) is 16.3 Å². The van der Waals surface area contributed by atoms with Crippen molar-refractivity contribution in [2.24, 2.45) is 0 Å². The van der Waals surface area contributed by atoms with E-state index >= 15 is 0 Å². The van der Waals surface area contributed by atoms with Crippen LogP contribution in [0.4, 0.5) is 5.69 Å². The van der Waals surface area contributed by atoms with Gasteiger partial charge in [-0.15, -0.1) is 0 Å². The van der Waals surface area contributed by atoms with Crippen molar-refractivity contribution in [1.29, 1.82) is 0 Å². The van der Waals surface area contributed by atoms with Crippen LogP contribution in [0.25, 0.3) is 0 Å². The maximum atomic E-state index is 13.0. The highest BCUT2D eigenvalue weighted by Crippen LogP contribution is 2.33. The number of carbonyl (C=O) groups is 1. The second-order valence-electron chi connectivity index (χ2n) is 6.51. The minimum absolute atomic E-state index is 0.133. The van der Waals surface area contributed by atoms with E-state index < -0.39 is 10.0 Å². The van der Waals surface area contributed by atoms with Crippen molar-refractivity contribution in [3.05, 3.63) is 51.2 Å². The molecule has 0 spiro atoms. The molecule has 1 amide bonds. The lowest BCUT2D eigenvalue weighted by Gasteiger charge is -2.26. The molecule has 7 nitrogen and oxygen atoms in total. The van der Waals surface area contributed by atoms with E-state index in [-0.39, 0.29) is 16.0 Å². The predicted octanol–water partition coefficient (Wildman–Crippen LogP) is 2.72. The first-order valence-corrected chi connectivity index (χ1v) is 11.3. The first-order valence-electron chi connectivity index (χ1n) is 8.71. The van der Waals surface area contributed by atoms with Gasteiger partial charge in [0.25, 0.3) is 5.91 Å². The first kappa shape index (κ1) is 19.8. The van der Waals surface area contributed by atoms with Gasteiger partial charge in [0.05, 0.1) is 23.7 Å². The van der Waals surface area contributed by atoms with Gasteiger partial charge in [-0.2, -0.15) is 4.31 Å². The van der Waals surface area contributed by atoms with Crippen LogP contribution in [0.2, 0.25) is 5.15 Å². The molecule has 28 heavy (non-hydrogen) atoms. The zero-order chi connectivity index (χ0) is 19.9. The molecular formula is C18H17BrClN3O4S. The van der Waals surface area contributed by atoms with Crippen molar-refractivity contribution >= 4 is 49.1 Å². The lowest BCUT2D eigenvalue weighted by molar-refractivity contribution is 0.0730. The number of fused-ring (bicyclic) bond motifs is 1. The number of morpholine rings is 1. The Morgan fingerprint density at radius 3 is 2.68 bits per heavy atom. The number of nitrogens with zero attached hydrogens (tertiary/aromatic N) is 3. The Morgan fingerprint density at radius 2 is 1.93 bits per heavy atom. The molecule has 10 heteroatoms. The Kier molecular flexibility index (Phi) is 5.45. The summed E-state index contributed by atoms with van der Waals surface area (Å²) in [6.45, 7) is 1.94. The number of halogens is 2. The van der Waals surface area contributed by atoms with E-state index in [1.54, 1.807) is 29.2 Å². The lowest BCUT2D eigenvalue weighted by atomic mass is 10.2. The summed E-state index contributed by atoms with van der Waals surface area (Å²) < 4.78 is 33.1. The highest BCUT2D eigenvalue weighted by molar-refractivity contribution is 9.10. The van der Waals surface area contributed by atoms with Crippen LogP contribution in [0, 0.1) is 0 Å². The highest BCUT2D eigenvalue weighted by atomic mass is 79.9. The van der Waals surface area contributed by atoms with Crippen molar-refractivity contribution in [3.63, 3.8) is 0 Å². The van der Waals surface area contributed by atoms with E-state index in [0.717, 1.165) is 5.56 Å². The number of ether oxygens (including phenoxy) is 1. The van der Waals surface area contributed by atoms with Gasteiger partial charge in [0.2, 0.25) is 10.0 Å². The monoisotopic (exact) mass is 485 g/mol. The topological polar surface area (TPSA) is 79.8 Å². The van der Waals surface area contributed by atoms with E-state index in [2.05, 4.69) is 20.9 Å². The van der Waals surface area contributed by atoms with Gasteiger partial charge in [-0.1, -0.05) is 11.6 Å². The average Bonchev–Trinajstić information content (AvgIpc) is 3.13. The van der Waals surface area contributed by atoms with Crippen LogP contribution in [-0.4, -0.2) is 56.5 Å². The van der Waals surface area contributed by atoms with Crippen LogP contribution in [0.1, 0.15) is 15.9 Å². The number of hydrogen-bond donors (Lipinski definition) is 0. The number of sulfonamides is 1. The molecule has 0 aliphatic carbocycles. The van der Waals surface area contributed by atoms with E-state index in [0.29, 0.717) is 55.0 Å². The summed E-state index contributed by atoms with van der Waals surface area (Å²) in [6, 6.07) is 6.53. The molecule has 1 aromatic carbocycles. The summed E-state index contributed by atoms with van der Waals surface area (Å²) >= 11 is 9.40. The van der Waals surface area contributed by atoms with Gasteiger partial charge in [0.1, 0.15) is 5.15 Å². The molecule has 2 aliphatic heterocycles. The maximum absolute atomic E-state index is 13.0. The summed E-state index contributed by atoms with van der Waals surface area (Å²) in [7, 11) is -3.57. The fraction of sp³-hybridized carbons (Fsp3) is 0.333. The number of carbonyl (C=O) groups excluding carboxylic acids is 1. The van der Waals surface area contributed by atoms with Crippen molar-refractivity contribution < 1.29 is 17.9 Å². The third-order valence-electron chi connectivity index (χ3n) is 4.84. The molecule has 1 saturated heterocycles. The summed E-state index contributed by atoms with van der Waals surface area (Å²) in [4.78, 5) is 18.8. The molecular weight excluding hydrogens is 470 g/mol. The summed E-state index contributed by atoms with van der Waals surface area (Å²) in [5.41, 5.74) is 1.82. The quantitative estimate of drug-likeness (QED) is 0.623. The Labute approximate surface area is 176 Å². The summed E-state index contributed by atoms with van der Waals surface area (Å²) in [5, 5.41) is 0.133. The van der Waals surface area contributed by atoms with Gasteiger partial charge >= 0.3 is 0 Å².